The summed E-state index contributed by atoms with van der Waals surface area (Å²) < 4.78 is 18.5. The van der Waals surface area contributed by atoms with Crippen LogP contribution in [-0.4, -0.2) is 18.3 Å². The Bertz CT molecular complexity index is 372. The maximum absolute atomic E-state index is 13.3. The molecule has 2 rings (SSSR count). The highest BCUT2D eigenvalue weighted by Crippen LogP contribution is 2.34. The van der Waals surface area contributed by atoms with Crippen molar-refractivity contribution in [2.75, 3.05) is 13.2 Å². The molecule has 1 aliphatic heterocycles. The van der Waals surface area contributed by atoms with E-state index in [1.54, 1.807) is 18.2 Å². The lowest BCUT2D eigenvalue weighted by molar-refractivity contribution is 0.298. The molecule has 0 unspecified atom stereocenters. The number of aliphatic hydroxyl groups is 1. The smallest absolute Gasteiger partial charge is 0.165 e. The van der Waals surface area contributed by atoms with Crippen molar-refractivity contribution >= 4 is 5.57 Å². The molecule has 0 bridgehead atoms. The fourth-order valence-corrected chi connectivity index (χ4v) is 1.63. The summed E-state index contributed by atoms with van der Waals surface area (Å²) in [5.74, 6) is -0.0375. The van der Waals surface area contributed by atoms with E-state index in [4.69, 9.17) is 9.84 Å². The van der Waals surface area contributed by atoms with Gasteiger partial charge in [-0.15, -0.1) is 0 Å². The Hall–Kier alpha value is -1.35. The lowest BCUT2D eigenvalue weighted by atomic mass is 9.99. The van der Waals surface area contributed by atoms with Crippen molar-refractivity contribution in [3.63, 3.8) is 0 Å². The highest BCUT2D eigenvalue weighted by Gasteiger charge is 2.17. The number of hydrogen-bond acceptors (Lipinski definition) is 2. The monoisotopic (exact) mass is 194 g/mol. The van der Waals surface area contributed by atoms with Crippen molar-refractivity contribution in [1.29, 1.82) is 0 Å². The summed E-state index contributed by atoms with van der Waals surface area (Å²) >= 11 is 0. The minimum absolute atomic E-state index is 0.0225. The summed E-state index contributed by atoms with van der Waals surface area (Å²) in [6.45, 7) is 0.449. The zero-order chi connectivity index (χ0) is 9.97. The van der Waals surface area contributed by atoms with Gasteiger partial charge < -0.3 is 9.84 Å². The Balaban J connectivity index is 2.50. The number of benzene rings is 1. The lowest BCUT2D eigenvalue weighted by Crippen LogP contribution is -2.09. The normalized spacial score (nSPS) is 17.7. The average molecular weight is 194 g/mol. The van der Waals surface area contributed by atoms with Crippen LogP contribution in [0.25, 0.3) is 5.57 Å². The highest BCUT2D eigenvalue weighted by atomic mass is 19.1. The highest BCUT2D eigenvalue weighted by molar-refractivity contribution is 5.72. The van der Waals surface area contributed by atoms with Crippen molar-refractivity contribution in [3.8, 4) is 5.75 Å². The van der Waals surface area contributed by atoms with E-state index in [0.717, 1.165) is 17.6 Å². The van der Waals surface area contributed by atoms with Gasteiger partial charge in [0.05, 0.1) is 13.2 Å². The molecule has 0 fully saturated rings. The van der Waals surface area contributed by atoms with Crippen molar-refractivity contribution in [2.24, 2.45) is 0 Å². The largest absolute Gasteiger partial charge is 0.490 e. The van der Waals surface area contributed by atoms with E-state index in [-0.39, 0.29) is 12.4 Å². The van der Waals surface area contributed by atoms with Gasteiger partial charge in [0.25, 0.3) is 0 Å². The molecule has 0 aromatic heterocycles. The van der Waals surface area contributed by atoms with Gasteiger partial charge in [-0.05, 0) is 11.6 Å². The molecule has 0 spiro atoms. The molecule has 0 saturated heterocycles. The quantitative estimate of drug-likeness (QED) is 0.740. The molecule has 3 heteroatoms. The first-order valence-electron chi connectivity index (χ1n) is 4.54. The number of rotatable bonds is 1. The third-order valence-electron chi connectivity index (χ3n) is 2.27. The van der Waals surface area contributed by atoms with Gasteiger partial charge in [-0.2, -0.15) is 0 Å². The van der Waals surface area contributed by atoms with E-state index in [1.807, 2.05) is 0 Å². The Morgan fingerprint density at radius 2 is 2.36 bits per heavy atom. The van der Waals surface area contributed by atoms with Gasteiger partial charge >= 0.3 is 0 Å². The predicted octanol–water partition coefficient (Wildman–Crippen LogP) is 1.98. The van der Waals surface area contributed by atoms with Gasteiger partial charge in [0.1, 0.15) is 0 Å². The molecule has 2 nitrogen and oxygen atoms in total. The van der Waals surface area contributed by atoms with Crippen LogP contribution in [-0.2, 0) is 0 Å². The first-order chi connectivity index (χ1) is 6.83. The Labute approximate surface area is 81.6 Å². The molecule has 1 aromatic carbocycles. The molecular weight excluding hydrogens is 183 g/mol. The van der Waals surface area contributed by atoms with Crippen LogP contribution in [0.2, 0.25) is 0 Å². The van der Waals surface area contributed by atoms with Crippen molar-refractivity contribution < 1.29 is 14.2 Å². The van der Waals surface area contributed by atoms with E-state index in [2.05, 4.69) is 0 Å². The summed E-state index contributed by atoms with van der Waals surface area (Å²) in [4.78, 5) is 0. The second kappa shape index (κ2) is 3.80. The number of aliphatic hydroxyl groups excluding tert-OH is 1. The van der Waals surface area contributed by atoms with Crippen LogP contribution in [0, 0.1) is 5.82 Å². The summed E-state index contributed by atoms with van der Waals surface area (Å²) in [5.41, 5.74) is 1.71. The fourth-order valence-electron chi connectivity index (χ4n) is 1.63. The second-order valence-electron chi connectivity index (χ2n) is 3.13. The van der Waals surface area contributed by atoms with Gasteiger partial charge in [-0.25, -0.2) is 4.39 Å². The molecule has 1 heterocycles. The van der Waals surface area contributed by atoms with Gasteiger partial charge in [0.15, 0.2) is 11.6 Å². The van der Waals surface area contributed by atoms with Crippen LogP contribution >= 0.6 is 0 Å². The zero-order valence-corrected chi connectivity index (χ0v) is 7.66. The summed E-state index contributed by atoms with van der Waals surface area (Å²) in [6, 6.07) is 4.83. The van der Waals surface area contributed by atoms with Gasteiger partial charge in [-0.3, -0.25) is 0 Å². The minimum Gasteiger partial charge on any atom is -0.490 e. The summed E-state index contributed by atoms with van der Waals surface area (Å²) in [6.07, 6.45) is 2.41. The van der Waals surface area contributed by atoms with Gasteiger partial charge in [-0.1, -0.05) is 18.2 Å². The summed E-state index contributed by atoms with van der Waals surface area (Å²) in [7, 11) is 0. The third kappa shape index (κ3) is 1.51. The maximum Gasteiger partial charge on any atom is 0.165 e. The maximum atomic E-state index is 13.3. The molecule has 14 heavy (non-hydrogen) atoms. The van der Waals surface area contributed by atoms with Crippen LogP contribution in [0.3, 0.4) is 0 Å². The molecule has 0 atom stereocenters. The first kappa shape index (κ1) is 9.21. The molecule has 1 aromatic rings. The first-order valence-corrected chi connectivity index (χ1v) is 4.54. The molecule has 1 aliphatic rings. The SMILES string of the molecule is OC/C=C1/CCOc2c(F)cccc21. The summed E-state index contributed by atoms with van der Waals surface area (Å²) in [5, 5.41) is 8.80. The number of halogens is 1. The molecule has 0 radical (unpaired) electrons. The molecule has 0 aliphatic carbocycles. The number of hydrogen-bond donors (Lipinski definition) is 1. The van der Waals surface area contributed by atoms with Crippen LogP contribution in [0.1, 0.15) is 12.0 Å². The molecular formula is C11H11FO2. The predicted molar refractivity (Wildman–Crippen MR) is 51.6 cm³/mol. The fraction of sp³-hybridized carbons (Fsp3) is 0.273. The molecule has 0 saturated carbocycles. The van der Waals surface area contributed by atoms with Crippen molar-refractivity contribution in [3.05, 3.63) is 35.7 Å². The van der Waals surface area contributed by atoms with E-state index >= 15 is 0 Å². The van der Waals surface area contributed by atoms with Crippen LogP contribution in [0.4, 0.5) is 4.39 Å². The van der Waals surface area contributed by atoms with E-state index in [0.29, 0.717) is 12.4 Å². The van der Waals surface area contributed by atoms with E-state index < -0.39 is 0 Å². The molecule has 74 valence electrons. The Morgan fingerprint density at radius 1 is 1.50 bits per heavy atom. The lowest BCUT2D eigenvalue weighted by Gasteiger charge is -2.20. The molecule has 0 amide bonds. The minimum atomic E-state index is -0.342. The van der Waals surface area contributed by atoms with Crippen LogP contribution in [0.5, 0.6) is 5.75 Å². The number of fused-ring (bicyclic) bond motifs is 1. The standard InChI is InChI=1S/C11H11FO2/c12-10-3-1-2-9-8(4-6-13)5-7-14-11(9)10/h1-4,13H,5-7H2/b8-4-. The van der Waals surface area contributed by atoms with Crippen LogP contribution in [0.15, 0.2) is 24.3 Å². The Kier molecular flexibility index (Phi) is 2.50. The second-order valence-corrected chi connectivity index (χ2v) is 3.13. The van der Waals surface area contributed by atoms with Gasteiger partial charge in [0, 0.05) is 12.0 Å². The van der Waals surface area contributed by atoms with Gasteiger partial charge in [0.2, 0.25) is 0 Å². The Morgan fingerprint density at radius 3 is 3.14 bits per heavy atom. The van der Waals surface area contributed by atoms with E-state index in [1.165, 1.54) is 6.07 Å². The van der Waals surface area contributed by atoms with Crippen molar-refractivity contribution in [1.82, 2.24) is 0 Å². The van der Waals surface area contributed by atoms with Crippen molar-refractivity contribution in [2.45, 2.75) is 6.42 Å². The third-order valence-corrected chi connectivity index (χ3v) is 2.27. The van der Waals surface area contributed by atoms with Crippen LogP contribution < -0.4 is 4.74 Å². The molecule has 1 N–H and O–H groups in total. The zero-order valence-electron chi connectivity index (χ0n) is 7.66. The number of para-hydroxylation sites is 1. The topological polar surface area (TPSA) is 29.5 Å². The van der Waals surface area contributed by atoms with E-state index in [9.17, 15) is 4.39 Å². The average Bonchev–Trinajstić information content (AvgIpc) is 2.20. The number of ether oxygens (including phenoxy) is 1.